The zero-order chi connectivity index (χ0) is 20.3. The number of benzene rings is 1. The van der Waals surface area contributed by atoms with Crippen molar-refractivity contribution in [3.63, 3.8) is 0 Å². The molecule has 0 unspecified atom stereocenters. The maximum absolute atomic E-state index is 5.59. The lowest BCUT2D eigenvalue weighted by atomic mass is 10.1. The van der Waals surface area contributed by atoms with Gasteiger partial charge in [-0.25, -0.2) is 0 Å². The molecule has 0 saturated heterocycles. The first kappa shape index (κ1) is 20.1. The number of anilines is 1. The summed E-state index contributed by atoms with van der Waals surface area (Å²) >= 11 is 5.59. The highest BCUT2D eigenvalue weighted by Gasteiger charge is 2.14. The minimum absolute atomic E-state index is 0.665. The van der Waals surface area contributed by atoms with E-state index in [9.17, 15) is 0 Å². The largest absolute Gasteiger partial charge is 0.348 e. The molecule has 0 atom stereocenters. The lowest BCUT2D eigenvalue weighted by Gasteiger charge is -2.20. The van der Waals surface area contributed by atoms with E-state index < -0.39 is 0 Å². The minimum Gasteiger partial charge on any atom is -0.348 e. The van der Waals surface area contributed by atoms with Crippen LogP contribution in [0.3, 0.4) is 0 Å². The Morgan fingerprint density at radius 1 is 1.21 bits per heavy atom. The van der Waals surface area contributed by atoms with Gasteiger partial charge in [0.05, 0.1) is 24.1 Å². The third kappa shape index (κ3) is 4.42. The monoisotopic (exact) mass is 396 g/mol. The molecule has 0 saturated carbocycles. The summed E-state index contributed by atoms with van der Waals surface area (Å²) in [6.45, 7) is 10.7. The average molecular weight is 397 g/mol. The van der Waals surface area contributed by atoms with Gasteiger partial charge in [0, 0.05) is 37.6 Å². The van der Waals surface area contributed by atoms with Crippen molar-refractivity contribution in [1.29, 1.82) is 0 Å². The summed E-state index contributed by atoms with van der Waals surface area (Å²) in [5.74, 6) is 0. The molecule has 3 rings (SSSR count). The number of hydrogen-bond acceptors (Lipinski definition) is 3. The van der Waals surface area contributed by atoms with Gasteiger partial charge in [0.1, 0.15) is 0 Å². The summed E-state index contributed by atoms with van der Waals surface area (Å²) < 4.78 is 3.96. The first-order chi connectivity index (χ1) is 13.4. The number of rotatable bonds is 6. The van der Waals surface area contributed by atoms with Crippen LogP contribution in [0.4, 0.5) is 5.69 Å². The van der Waals surface area contributed by atoms with Crippen molar-refractivity contribution in [3.05, 3.63) is 64.7 Å². The summed E-state index contributed by atoms with van der Waals surface area (Å²) in [6.07, 6.45) is 3.79. The third-order valence-electron chi connectivity index (χ3n) is 5.05. The molecule has 0 radical (unpaired) electrons. The molecule has 3 aromatic rings. The first-order valence-electron chi connectivity index (χ1n) is 9.51. The van der Waals surface area contributed by atoms with Crippen molar-refractivity contribution in [2.24, 2.45) is 0 Å². The second-order valence-corrected chi connectivity index (χ2v) is 7.49. The first-order valence-corrected chi connectivity index (χ1v) is 9.91. The number of aromatic nitrogens is 4. The molecule has 28 heavy (non-hydrogen) atoms. The molecule has 1 aromatic carbocycles. The number of aryl methyl sites for hydroxylation is 3. The lowest BCUT2D eigenvalue weighted by molar-refractivity contribution is 0.504. The third-order valence-corrected chi connectivity index (χ3v) is 5.46. The fraction of sp³-hybridized carbons (Fsp3) is 0.381. The van der Waals surface area contributed by atoms with Crippen LogP contribution in [0.1, 0.15) is 35.0 Å². The zero-order valence-corrected chi connectivity index (χ0v) is 18.0. The topological polar surface area (TPSA) is 50.9 Å². The molecule has 2 heterocycles. The zero-order valence-electron chi connectivity index (χ0n) is 17.2. The highest BCUT2D eigenvalue weighted by Crippen LogP contribution is 2.16. The highest BCUT2D eigenvalue weighted by molar-refractivity contribution is 7.80. The lowest BCUT2D eigenvalue weighted by Crippen LogP contribution is -2.30. The smallest absolute Gasteiger partial charge is 0.173 e. The van der Waals surface area contributed by atoms with Gasteiger partial charge < -0.3 is 10.2 Å². The predicted octanol–water partition coefficient (Wildman–Crippen LogP) is 3.90. The van der Waals surface area contributed by atoms with Gasteiger partial charge in [-0.2, -0.15) is 10.2 Å². The Labute approximate surface area is 172 Å². The van der Waals surface area contributed by atoms with E-state index in [0.29, 0.717) is 5.11 Å². The number of nitrogens with one attached hydrogen (secondary N) is 1. The van der Waals surface area contributed by atoms with Gasteiger partial charge in [-0.15, -0.1) is 0 Å². The van der Waals surface area contributed by atoms with Crippen LogP contribution in [0.2, 0.25) is 0 Å². The van der Waals surface area contributed by atoms with Gasteiger partial charge in [-0.1, -0.05) is 24.3 Å². The van der Waals surface area contributed by atoms with E-state index in [1.54, 1.807) is 0 Å². The quantitative estimate of drug-likeness (QED) is 0.641. The molecule has 2 aromatic heterocycles. The van der Waals surface area contributed by atoms with Crippen LogP contribution in [-0.2, 0) is 19.6 Å². The second-order valence-electron chi connectivity index (χ2n) is 7.10. The molecular formula is C21H28N6S. The summed E-state index contributed by atoms with van der Waals surface area (Å²) in [6, 6.07) is 8.35. The van der Waals surface area contributed by atoms with Crippen LogP contribution in [0.25, 0.3) is 0 Å². The normalized spacial score (nSPS) is 10.9. The van der Waals surface area contributed by atoms with Crippen LogP contribution < -0.4 is 5.32 Å². The molecular weight excluding hydrogens is 368 g/mol. The maximum Gasteiger partial charge on any atom is 0.173 e. The Morgan fingerprint density at radius 2 is 1.96 bits per heavy atom. The molecule has 1 N–H and O–H groups in total. The highest BCUT2D eigenvalue weighted by atomic mass is 32.1. The van der Waals surface area contributed by atoms with Crippen molar-refractivity contribution in [1.82, 2.24) is 24.5 Å². The molecule has 0 amide bonds. The molecule has 148 valence electrons. The van der Waals surface area contributed by atoms with Crippen LogP contribution >= 0.6 is 12.2 Å². The van der Waals surface area contributed by atoms with E-state index in [0.717, 1.165) is 31.0 Å². The molecule has 0 spiro atoms. The van der Waals surface area contributed by atoms with Crippen LogP contribution in [0.5, 0.6) is 0 Å². The van der Waals surface area contributed by atoms with Crippen molar-refractivity contribution in [2.45, 2.75) is 47.3 Å². The van der Waals surface area contributed by atoms with E-state index in [1.807, 2.05) is 33.7 Å². The van der Waals surface area contributed by atoms with Crippen molar-refractivity contribution >= 4 is 23.0 Å². The second kappa shape index (κ2) is 8.56. The number of thiocarbonyl (C=S) groups is 1. The van der Waals surface area contributed by atoms with Crippen molar-refractivity contribution in [2.75, 3.05) is 12.4 Å². The number of hydrogen-bond donors (Lipinski definition) is 1. The Kier molecular flexibility index (Phi) is 6.14. The SMILES string of the molecule is CCn1nc(C)c(CN(C)C(=S)Nc2cnn(Cc3ccccc3C)c2)c1C. The molecule has 0 aliphatic heterocycles. The van der Waals surface area contributed by atoms with E-state index >= 15 is 0 Å². The summed E-state index contributed by atoms with van der Waals surface area (Å²) in [5.41, 5.74) is 6.89. The van der Waals surface area contributed by atoms with E-state index in [-0.39, 0.29) is 0 Å². The van der Waals surface area contributed by atoms with E-state index in [1.165, 1.54) is 22.4 Å². The Morgan fingerprint density at radius 3 is 2.64 bits per heavy atom. The Hall–Kier alpha value is -2.67. The van der Waals surface area contributed by atoms with Gasteiger partial charge in [-0.05, 0) is 51.0 Å². The predicted molar refractivity (Wildman–Crippen MR) is 118 cm³/mol. The summed E-state index contributed by atoms with van der Waals surface area (Å²) in [7, 11) is 2.00. The minimum atomic E-state index is 0.665. The number of nitrogens with zero attached hydrogens (tertiary/aromatic N) is 5. The fourth-order valence-electron chi connectivity index (χ4n) is 3.28. The van der Waals surface area contributed by atoms with Gasteiger partial charge in [0.15, 0.2) is 5.11 Å². The molecule has 0 fully saturated rings. The standard InChI is InChI=1S/C21H28N6S/c1-6-27-17(4)20(16(3)24-27)14-25(5)21(28)23-19-11-22-26(13-19)12-18-10-8-7-9-15(18)2/h7-11,13H,6,12,14H2,1-5H3,(H,23,28). The Bertz CT molecular complexity index is 971. The Balaban J connectivity index is 1.63. The average Bonchev–Trinajstić information content (AvgIpc) is 3.22. The van der Waals surface area contributed by atoms with E-state index in [2.05, 4.69) is 67.5 Å². The molecule has 0 bridgehead atoms. The van der Waals surface area contributed by atoms with Crippen molar-refractivity contribution in [3.8, 4) is 0 Å². The fourth-order valence-corrected chi connectivity index (χ4v) is 3.46. The molecule has 0 aliphatic carbocycles. The van der Waals surface area contributed by atoms with Crippen LogP contribution in [0.15, 0.2) is 36.7 Å². The van der Waals surface area contributed by atoms with Crippen LogP contribution in [-0.4, -0.2) is 36.6 Å². The molecule has 6 nitrogen and oxygen atoms in total. The van der Waals surface area contributed by atoms with Crippen molar-refractivity contribution < 1.29 is 0 Å². The maximum atomic E-state index is 5.59. The van der Waals surface area contributed by atoms with Gasteiger partial charge in [-0.3, -0.25) is 9.36 Å². The summed E-state index contributed by atoms with van der Waals surface area (Å²) in [4.78, 5) is 2.03. The van der Waals surface area contributed by atoms with E-state index in [4.69, 9.17) is 12.2 Å². The van der Waals surface area contributed by atoms with Gasteiger partial charge in [0.2, 0.25) is 0 Å². The molecule has 0 aliphatic rings. The van der Waals surface area contributed by atoms with Gasteiger partial charge in [0.25, 0.3) is 0 Å². The summed E-state index contributed by atoms with van der Waals surface area (Å²) in [5, 5.41) is 13.0. The molecule has 7 heteroatoms. The van der Waals surface area contributed by atoms with Crippen LogP contribution in [0, 0.1) is 20.8 Å². The van der Waals surface area contributed by atoms with Gasteiger partial charge >= 0.3 is 0 Å².